The van der Waals surface area contributed by atoms with Gasteiger partial charge in [-0.1, -0.05) is 38.8 Å². The zero-order valence-corrected chi connectivity index (χ0v) is 17.8. The fourth-order valence-corrected chi connectivity index (χ4v) is 4.48. The van der Waals surface area contributed by atoms with Gasteiger partial charge in [0, 0.05) is 18.2 Å². The van der Waals surface area contributed by atoms with Crippen LogP contribution in [0.1, 0.15) is 43.5 Å². The Labute approximate surface area is 172 Å². The molecule has 0 spiro atoms. The highest BCUT2D eigenvalue weighted by atomic mass is 32.2. The molecule has 0 bridgehead atoms. The van der Waals surface area contributed by atoms with E-state index in [9.17, 15) is 13.2 Å². The molecule has 1 fully saturated rings. The highest BCUT2D eigenvalue weighted by molar-refractivity contribution is 7.89. The maximum absolute atomic E-state index is 12.4. The number of nitrogens with one attached hydrogen (secondary N) is 4. The Morgan fingerprint density at radius 2 is 2.04 bits per heavy atom. The smallest absolute Gasteiger partial charge is 0.269 e. The summed E-state index contributed by atoms with van der Waals surface area (Å²) in [4.78, 5) is 12.4. The van der Waals surface area contributed by atoms with Crippen LogP contribution in [0.4, 0.5) is 0 Å². The number of hydrogen-bond acceptors (Lipinski definition) is 4. The van der Waals surface area contributed by atoms with E-state index in [4.69, 9.17) is 12.2 Å². The second-order valence-electron chi connectivity index (χ2n) is 7.09. The summed E-state index contributed by atoms with van der Waals surface area (Å²) >= 11 is 5.28. The third-order valence-corrected chi connectivity index (χ3v) is 6.78. The van der Waals surface area contributed by atoms with Crippen LogP contribution in [0.3, 0.4) is 0 Å². The Bertz CT molecular complexity index is 826. The Balaban J connectivity index is 1.93. The second kappa shape index (κ2) is 9.99. The molecule has 28 heavy (non-hydrogen) atoms. The lowest BCUT2D eigenvalue weighted by Crippen LogP contribution is -2.52. The molecule has 1 amide bonds. The summed E-state index contributed by atoms with van der Waals surface area (Å²) in [6.07, 6.45) is 4.86. The number of hydrazine groups is 1. The maximum atomic E-state index is 12.4. The van der Waals surface area contributed by atoms with Gasteiger partial charge in [-0.15, -0.1) is 6.58 Å². The van der Waals surface area contributed by atoms with Crippen LogP contribution in [0.5, 0.6) is 0 Å². The Morgan fingerprint density at radius 1 is 1.29 bits per heavy atom. The van der Waals surface area contributed by atoms with Crippen molar-refractivity contribution in [1.82, 2.24) is 20.9 Å². The summed E-state index contributed by atoms with van der Waals surface area (Å²) in [5.41, 5.74) is 5.42. The average Bonchev–Trinajstić information content (AvgIpc) is 2.68. The lowest BCUT2D eigenvalue weighted by Gasteiger charge is -2.35. The van der Waals surface area contributed by atoms with Crippen LogP contribution in [-0.4, -0.2) is 32.0 Å². The molecule has 3 atom stereocenters. The van der Waals surface area contributed by atoms with Crippen LogP contribution in [0, 0.1) is 11.8 Å². The Kier molecular flexibility index (Phi) is 7.97. The minimum Gasteiger partial charge on any atom is -0.358 e. The third kappa shape index (κ3) is 6.02. The highest BCUT2D eigenvalue weighted by Gasteiger charge is 2.27. The van der Waals surface area contributed by atoms with Gasteiger partial charge >= 0.3 is 0 Å². The van der Waals surface area contributed by atoms with Crippen molar-refractivity contribution in [1.29, 1.82) is 0 Å². The second-order valence-corrected chi connectivity index (χ2v) is 9.27. The van der Waals surface area contributed by atoms with E-state index < -0.39 is 15.9 Å². The van der Waals surface area contributed by atoms with Crippen molar-refractivity contribution in [3.63, 3.8) is 0 Å². The first-order valence-corrected chi connectivity index (χ1v) is 11.2. The number of carbonyl (C=O) groups is 1. The summed E-state index contributed by atoms with van der Waals surface area (Å²) < 4.78 is 26.7. The summed E-state index contributed by atoms with van der Waals surface area (Å²) in [6.45, 7) is 8.03. The number of rotatable bonds is 6. The van der Waals surface area contributed by atoms with E-state index in [-0.39, 0.29) is 23.0 Å². The normalized spacial score (nSPS) is 22.1. The van der Waals surface area contributed by atoms with Gasteiger partial charge in [0.2, 0.25) is 10.0 Å². The van der Waals surface area contributed by atoms with Crippen LogP contribution >= 0.6 is 12.2 Å². The molecule has 4 N–H and O–H groups in total. The first-order chi connectivity index (χ1) is 13.2. The number of thiocarbonyl (C=S) groups is 1. The quantitative estimate of drug-likeness (QED) is 0.317. The summed E-state index contributed by atoms with van der Waals surface area (Å²) in [6, 6.07) is 6.05. The van der Waals surface area contributed by atoms with Crippen molar-refractivity contribution in [3.8, 4) is 0 Å². The first kappa shape index (κ1) is 22.3. The van der Waals surface area contributed by atoms with Crippen molar-refractivity contribution in [2.24, 2.45) is 11.8 Å². The topological polar surface area (TPSA) is 99.3 Å². The van der Waals surface area contributed by atoms with E-state index in [1.165, 1.54) is 36.8 Å². The minimum atomic E-state index is -3.70. The molecule has 1 aromatic carbocycles. The molecule has 1 aliphatic carbocycles. The molecule has 0 aliphatic heterocycles. The standard InChI is InChI=1S/C19H28N4O3S2/c1-4-11-20-28(25,26)16-9-6-8-15(12-16)18(24)22-23-19(27)21-17-10-5-7-13(2)14(17)3/h4,6,8-9,12-14,17,20H,1,5,7,10-11H2,2-3H3,(H,22,24)(H2,21,23,27)/t13-,14-,17+/m1/s1. The van der Waals surface area contributed by atoms with Crippen molar-refractivity contribution in [2.75, 3.05) is 6.54 Å². The van der Waals surface area contributed by atoms with Crippen molar-refractivity contribution in [2.45, 2.75) is 44.0 Å². The molecule has 154 valence electrons. The van der Waals surface area contributed by atoms with Crippen molar-refractivity contribution >= 4 is 33.3 Å². The molecule has 1 aliphatic rings. The Morgan fingerprint density at radius 3 is 2.75 bits per heavy atom. The first-order valence-electron chi connectivity index (χ1n) is 9.32. The molecule has 0 saturated heterocycles. The van der Waals surface area contributed by atoms with E-state index >= 15 is 0 Å². The van der Waals surface area contributed by atoms with Gasteiger partial charge in [-0.05, 0) is 48.7 Å². The monoisotopic (exact) mass is 424 g/mol. The molecule has 0 aromatic heterocycles. The number of hydrogen-bond donors (Lipinski definition) is 4. The summed E-state index contributed by atoms with van der Waals surface area (Å²) in [5, 5.41) is 3.60. The fraction of sp³-hybridized carbons (Fsp3) is 0.474. The van der Waals surface area contributed by atoms with Crippen LogP contribution in [0.25, 0.3) is 0 Å². The number of benzene rings is 1. The van der Waals surface area contributed by atoms with Gasteiger partial charge < -0.3 is 5.32 Å². The van der Waals surface area contributed by atoms with E-state index in [0.29, 0.717) is 16.9 Å². The lowest BCUT2D eigenvalue weighted by molar-refractivity contribution is 0.0943. The lowest BCUT2D eigenvalue weighted by atomic mass is 9.78. The van der Waals surface area contributed by atoms with Gasteiger partial charge in [-0.3, -0.25) is 15.6 Å². The molecule has 9 heteroatoms. The molecule has 2 rings (SSSR count). The Hall–Kier alpha value is -1.97. The predicted octanol–water partition coefficient (Wildman–Crippen LogP) is 2.08. The predicted molar refractivity (Wildman–Crippen MR) is 114 cm³/mol. The highest BCUT2D eigenvalue weighted by Crippen LogP contribution is 2.29. The van der Waals surface area contributed by atoms with E-state index in [2.05, 4.69) is 41.3 Å². The molecular formula is C19H28N4O3S2. The van der Waals surface area contributed by atoms with Crippen LogP contribution in [0.15, 0.2) is 41.8 Å². The zero-order chi connectivity index (χ0) is 20.7. The van der Waals surface area contributed by atoms with Gasteiger partial charge in [0.05, 0.1) is 4.90 Å². The summed E-state index contributed by atoms with van der Waals surface area (Å²) in [7, 11) is -3.70. The van der Waals surface area contributed by atoms with E-state index in [0.717, 1.165) is 12.8 Å². The molecule has 0 unspecified atom stereocenters. The van der Waals surface area contributed by atoms with E-state index in [1.807, 2.05) is 0 Å². The molecule has 0 radical (unpaired) electrons. The van der Waals surface area contributed by atoms with Gasteiger partial charge in [0.25, 0.3) is 5.91 Å². The largest absolute Gasteiger partial charge is 0.358 e. The molecule has 0 heterocycles. The van der Waals surface area contributed by atoms with Gasteiger partial charge in [-0.2, -0.15) is 0 Å². The van der Waals surface area contributed by atoms with E-state index in [1.54, 1.807) is 0 Å². The third-order valence-electron chi connectivity index (χ3n) is 5.14. The number of carbonyl (C=O) groups excluding carboxylic acids is 1. The molecular weight excluding hydrogens is 396 g/mol. The molecule has 1 aromatic rings. The van der Waals surface area contributed by atoms with Gasteiger partial charge in [0.1, 0.15) is 0 Å². The number of amides is 1. The molecule has 7 nitrogen and oxygen atoms in total. The van der Waals surface area contributed by atoms with Gasteiger partial charge in [-0.25, -0.2) is 13.1 Å². The van der Waals surface area contributed by atoms with Crippen molar-refractivity contribution in [3.05, 3.63) is 42.5 Å². The SMILES string of the molecule is C=CCNS(=O)(=O)c1cccc(C(=O)NNC(=S)N[C@H]2CCC[C@@H](C)[C@H]2C)c1. The minimum absolute atomic E-state index is 0.00715. The van der Waals surface area contributed by atoms with Crippen molar-refractivity contribution < 1.29 is 13.2 Å². The maximum Gasteiger partial charge on any atom is 0.269 e. The van der Waals surface area contributed by atoms with Gasteiger partial charge in [0.15, 0.2) is 5.11 Å². The number of sulfonamides is 1. The molecule has 1 saturated carbocycles. The van der Waals surface area contributed by atoms with Crippen LogP contribution in [0.2, 0.25) is 0 Å². The van der Waals surface area contributed by atoms with Crippen LogP contribution in [-0.2, 0) is 10.0 Å². The zero-order valence-electron chi connectivity index (χ0n) is 16.2. The fourth-order valence-electron chi connectivity index (χ4n) is 3.23. The average molecular weight is 425 g/mol. The van der Waals surface area contributed by atoms with Crippen LogP contribution < -0.4 is 20.9 Å². The summed E-state index contributed by atoms with van der Waals surface area (Å²) in [5.74, 6) is 0.646.